The van der Waals surface area contributed by atoms with Crippen LogP contribution in [-0.2, 0) is 0 Å². The number of hydrogen-bond acceptors (Lipinski definition) is 1. The SMILES string of the molecule is c1ccc(-n2c(-c3ccc(-c4cc(-c5ccc(-c6ccccn6)cc5)c5ccc6cccc7ccc4c5c67)cc3)cc3ccccc32)cc1. The number of para-hydroxylation sites is 2. The highest BCUT2D eigenvalue weighted by molar-refractivity contribution is 6.28. The van der Waals surface area contributed by atoms with Crippen molar-refractivity contribution >= 4 is 43.2 Å². The molecule has 0 spiro atoms. The lowest BCUT2D eigenvalue weighted by molar-refractivity contribution is 1.13. The maximum atomic E-state index is 4.57. The summed E-state index contributed by atoms with van der Waals surface area (Å²) in [5.41, 5.74) is 11.7. The molecule has 0 atom stereocenters. The van der Waals surface area contributed by atoms with Crippen molar-refractivity contribution in [3.05, 3.63) is 182 Å². The first kappa shape index (κ1) is 27.6. The van der Waals surface area contributed by atoms with E-state index in [0.717, 1.165) is 16.9 Å². The highest BCUT2D eigenvalue weighted by Gasteiger charge is 2.18. The Bertz CT molecular complexity index is 2760. The van der Waals surface area contributed by atoms with Crippen molar-refractivity contribution in [2.75, 3.05) is 0 Å². The summed E-state index contributed by atoms with van der Waals surface area (Å²) in [6, 6.07) is 63.8. The van der Waals surface area contributed by atoms with E-state index in [4.69, 9.17) is 0 Å². The number of benzene rings is 8. The molecule has 0 amide bonds. The van der Waals surface area contributed by atoms with E-state index in [-0.39, 0.29) is 0 Å². The lowest BCUT2D eigenvalue weighted by Crippen LogP contribution is -1.96. The molecule has 10 aromatic rings. The predicted octanol–water partition coefficient (Wildman–Crippen LogP) is 12.6. The van der Waals surface area contributed by atoms with Crippen LogP contribution in [0.4, 0.5) is 0 Å². The lowest BCUT2D eigenvalue weighted by atomic mass is 9.85. The van der Waals surface area contributed by atoms with Gasteiger partial charge in [0.2, 0.25) is 0 Å². The van der Waals surface area contributed by atoms with Gasteiger partial charge in [-0.25, -0.2) is 0 Å². The van der Waals surface area contributed by atoms with Crippen molar-refractivity contribution in [3.8, 4) is 50.5 Å². The van der Waals surface area contributed by atoms with Crippen LogP contribution in [0, 0.1) is 0 Å². The molecule has 2 aromatic heterocycles. The van der Waals surface area contributed by atoms with Crippen molar-refractivity contribution in [1.82, 2.24) is 9.55 Å². The van der Waals surface area contributed by atoms with E-state index in [1.807, 2.05) is 18.3 Å². The third-order valence-corrected chi connectivity index (χ3v) is 10.0. The molecule has 2 nitrogen and oxygen atoms in total. The number of nitrogens with zero attached hydrogens (tertiary/aromatic N) is 2. The Kier molecular flexibility index (Phi) is 6.22. The van der Waals surface area contributed by atoms with E-state index in [9.17, 15) is 0 Å². The molecule has 2 heteroatoms. The summed E-state index contributed by atoms with van der Waals surface area (Å²) in [5, 5.41) is 8.98. The Morgan fingerprint density at radius 1 is 0.388 bits per heavy atom. The Labute approximate surface area is 284 Å². The van der Waals surface area contributed by atoms with Crippen LogP contribution in [0.25, 0.3) is 93.7 Å². The van der Waals surface area contributed by atoms with E-state index in [1.54, 1.807) is 0 Å². The second-order valence-corrected chi connectivity index (χ2v) is 12.8. The zero-order chi connectivity index (χ0) is 32.3. The minimum Gasteiger partial charge on any atom is -0.309 e. The quantitative estimate of drug-likeness (QED) is 0.175. The summed E-state index contributed by atoms with van der Waals surface area (Å²) in [6.07, 6.45) is 1.85. The first-order valence-corrected chi connectivity index (χ1v) is 16.8. The standard InChI is InChI=1S/C47H30N2/c1-2-12-38(13-3-1)49-44-15-5-4-9-37(44)29-45(49)34-22-18-32(19-23-34)42-30-41(31-16-20-33(21-17-31)43-14-6-7-28-48-43)39-26-24-35-10-8-11-36-25-27-40(42)47(39)46(35)36/h1-30H. The van der Waals surface area contributed by atoms with Gasteiger partial charge >= 0.3 is 0 Å². The Morgan fingerprint density at radius 3 is 1.65 bits per heavy atom. The third-order valence-electron chi connectivity index (χ3n) is 10.0. The number of aromatic nitrogens is 2. The van der Waals surface area contributed by atoms with Crippen LogP contribution in [-0.4, -0.2) is 9.55 Å². The van der Waals surface area contributed by atoms with Crippen LogP contribution in [0.1, 0.15) is 0 Å². The van der Waals surface area contributed by atoms with E-state index < -0.39 is 0 Å². The average molecular weight is 623 g/mol. The highest BCUT2D eigenvalue weighted by atomic mass is 15.0. The maximum Gasteiger partial charge on any atom is 0.0701 e. The zero-order valence-electron chi connectivity index (χ0n) is 26.7. The van der Waals surface area contributed by atoms with E-state index in [0.29, 0.717) is 0 Å². The van der Waals surface area contributed by atoms with Gasteiger partial charge in [0.25, 0.3) is 0 Å². The van der Waals surface area contributed by atoms with Crippen LogP contribution in [0.2, 0.25) is 0 Å². The van der Waals surface area contributed by atoms with E-state index in [2.05, 4.69) is 173 Å². The molecular formula is C47H30N2. The van der Waals surface area contributed by atoms with Gasteiger partial charge in [-0.3, -0.25) is 4.98 Å². The van der Waals surface area contributed by atoms with Gasteiger partial charge in [-0.05, 0) is 103 Å². The molecule has 0 saturated carbocycles. The number of pyridine rings is 1. The summed E-state index contributed by atoms with van der Waals surface area (Å²) < 4.78 is 2.37. The molecule has 0 unspecified atom stereocenters. The van der Waals surface area contributed by atoms with E-state index >= 15 is 0 Å². The summed E-state index contributed by atoms with van der Waals surface area (Å²) in [7, 11) is 0. The van der Waals surface area contributed by atoms with Crippen molar-refractivity contribution < 1.29 is 0 Å². The van der Waals surface area contributed by atoms with Gasteiger partial charge in [-0.1, -0.05) is 133 Å². The fourth-order valence-electron chi connectivity index (χ4n) is 7.71. The lowest BCUT2D eigenvalue weighted by Gasteiger charge is -2.18. The van der Waals surface area contributed by atoms with Gasteiger partial charge in [-0.15, -0.1) is 0 Å². The Hall–Kier alpha value is -6.51. The van der Waals surface area contributed by atoms with Gasteiger partial charge in [0.1, 0.15) is 0 Å². The molecule has 0 radical (unpaired) electrons. The van der Waals surface area contributed by atoms with Crippen LogP contribution < -0.4 is 0 Å². The van der Waals surface area contributed by atoms with Crippen molar-refractivity contribution in [1.29, 1.82) is 0 Å². The van der Waals surface area contributed by atoms with Crippen molar-refractivity contribution in [2.45, 2.75) is 0 Å². The topological polar surface area (TPSA) is 17.8 Å². The van der Waals surface area contributed by atoms with Crippen LogP contribution in [0.3, 0.4) is 0 Å². The number of hydrogen-bond donors (Lipinski definition) is 0. The number of fused-ring (bicyclic) bond motifs is 1. The second-order valence-electron chi connectivity index (χ2n) is 12.8. The largest absolute Gasteiger partial charge is 0.309 e. The molecule has 0 aliphatic carbocycles. The molecule has 0 fully saturated rings. The van der Waals surface area contributed by atoms with Gasteiger partial charge < -0.3 is 4.57 Å². The molecular weight excluding hydrogens is 593 g/mol. The van der Waals surface area contributed by atoms with Crippen molar-refractivity contribution in [3.63, 3.8) is 0 Å². The van der Waals surface area contributed by atoms with E-state index in [1.165, 1.54) is 76.7 Å². The third kappa shape index (κ3) is 4.46. The highest BCUT2D eigenvalue weighted by Crippen LogP contribution is 2.44. The summed E-state index contributed by atoms with van der Waals surface area (Å²) in [6.45, 7) is 0. The van der Waals surface area contributed by atoms with Gasteiger partial charge in [0, 0.05) is 22.8 Å². The normalized spacial score (nSPS) is 11.7. The Balaban J connectivity index is 1.16. The monoisotopic (exact) mass is 622 g/mol. The Morgan fingerprint density at radius 2 is 0.980 bits per heavy atom. The fourth-order valence-corrected chi connectivity index (χ4v) is 7.71. The molecule has 228 valence electrons. The predicted molar refractivity (Wildman–Crippen MR) is 207 cm³/mol. The average Bonchev–Trinajstić information content (AvgIpc) is 3.57. The van der Waals surface area contributed by atoms with Crippen molar-refractivity contribution in [2.24, 2.45) is 0 Å². The minimum atomic E-state index is 0.983. The van der Waals surface area contributed by atoms with Gasteiger partial charge in [-0.2, -0.15) is 0 Å². The first-order valence-electron chi connectivity index (χ1n) is 16.8. The molecule has 0 aliphatic rings. The first-order chi connectivity index (χ1) is 24.3. The van der Waals surface area contributed by atoms with Gasteiger partial charge in [0.05, 0.1) is 16.9 Å². The summed E-state index contributed by atoms with van der Waals surface area (Å²) in [5.74, 6) is 0. The molecule has 10 rings (SSSR count). The molecule has 49 heavy (non-hydrogen) atoms. The molecule has 0 N–H and O–H groups in total. The van der Waals surface area contributed by atoms with Crippen LogP contribution >= 0.6 is 0 Å². The minimum absolute atomic E-state index is 0.983. The zero-order valence-corrected chi connectivity index (χ0v) is 26.7. The molecule has 0 bridgehead atoms. The smallest absolute Gasteiger partial charge is 0.0701 e. The molecule has 0 saturated heterocycles. The molecule has 0 aliphatic heterocycles. The maximum absolute atomic E-state index is 4.57. The van der Waals surface area contributed by atoms with Gasteiger partial charge in [0.15, 0.2) is 0 Å². The molecule has 2 heterocycles. The summed E-state index contributed by atoms with van der Waals surface area (Å²) in [4.78, 5) is 4.57. The van der Waals surface area contributed by atoms with Crippen LogP contribution in [0.15, 0.2) is 182 Å². The fraction of sp³-hybridized carbons (Fsp3) is 0. The summed E-state index contributed by atoms with van der Waals surface area (Å²) >= 11 is 0. The van der Waals surface area contributed by atoms with Crippen LogP contribution in [0.5, 0.6) is 0 Å². The molecule has 8 aromatic carbocycles. The number of rotatable bonds is 5. The second kappa shape index (κ2) is 11.0.